The van der Waals surface area contributed by atoms with E-state index in [0.717, 1.165) is 17.1 Å². The van der Waals surface area contributed by atoms with Gasteiger partial charge in [0.05, 0.1) is 12.2 Å². The van der Waals surface area contributed by atoms with E-state index in [0.29, 0.717) is 13.1 Å². The summed E-state index contributed by atoms with van der Waals surface area (Å²) in [5.74, 6) is 0.632. The fourth-order valence-corrected chi connectivity index (χ4v) is 1.82. The van der Waals surface area contributed by atoms with E-state index in [9.17, 15) is 4.39 Å². The number of hydrogen-bond acceptors (Lipinski definition) is 3. The Morgan fingerprint density at radius 1 is 1.33 bits per heavy atom. The van der Waals surface area contributed by atoms with Crippen molar-refractivity contribution in [2.45, 2.75) is 13.1 Å². The zero-order valence-corrected chi connectivity index (χ0v) is 7.94. The number of fused-ring (bicyclic) bond motifs is 3. The molecule has 0 amide bonds. The van der Waals surface area contributed by atoms with Crippen molar-refractivity contribution >= 4 is 0 Å². The van der Waals surface area contributed by atoms with Gasteiger partial charge in [-0.05, 0) is 23.8 Å². The maximum atomic E-state index is 13.1. The summed E-state index contributed by atoms with van der Waals surface area (Å²) in [6.45, 7) is 1.30. The Hall–Kier alpha value is -1.75. The van der Waals surface area contributed by atoms with Crippen LogP contribution >= 0.6 is 0 Å². The molecule has 0 unspecified atom stereocenters. The molecule has 5 heteroatoms. The highest BCUT2D eigenvalue weighted by atomic mass is 19.1. The highest BCUT2D eigenvalue weighted by molar-refractivity contribution is 5.42. The molecule has 1 aromatic carbocycles. The third kappa shape index (κ3) is 1.32. The highest BCUT2D eigenvalue weighted by Gasteiger charge is 2.14. The molecule has 3 rings (SSSR count). The molecule has 0 bridgehead atoms. The van der Waals surface area contributed by atoms with Crippen LogP contribution in [0.15, 0.2) is 24.5 Å². The molecule has 1 aliphatic rings. The van der Waals surface area contributed by atoms with Crippen LogP contribution < -0.4 is 5.32 Å². The number of hydrogen-bond donors (Lipinski definition) is 1. The normalized spacial score (nSPS) is 14.2. The van der Waals surface area contributed by atoms with Crippen molar-refractivity contribution in [1.82, 2.24) is 20.1 Å². The second-order valence-electron chi connectivity index (χ2n) is 3.49. The molecule has 0 saturated carbocycles. The van der Waals surface area contributed by atoms with E-state index in [1.807, 2.05) is 4.57 Å². The second kappa shape index (κ2) is 3.13. The Bertz CT molecular complexity index is 506. The van der Waals surface area contributed by atoms with Gasteiger partial charge in [-0.15, -0.1) is 10.2 Å². The van der Waals surface area contributed by atoms with E-state index in [1.165, 1.54) is 12.1 Å². The zero-order valence-electron chi connectivity index (χ0n) is 7.94. The van der Waals surface area contributed by atoms with E-state index < -0.39 is 0 Å². The molecule has 0 atom stereocenters. The van der Waals surface area contributed by atoms with E-state index in [2.05, 4.69) is 15.5 Å². The van der Waals surface area contributed by atoms with Crippen LogP contribution in [0.5, 0.6) is 0 Å². The summed E-state index contributed by atoms with van der Waals surface area (Å²) in [6.07, 6.45) is 1.65. The van der Waals surface area contributed by atoms with Gasteiger partial charge in [-0.2, -0.15) is 0 Å². The SMILES string of the molecule is Fc1ccc2c(c1)CNCc1nncn1-2. The number of halogens is 1. The van der Waals surface area contributed by atoms with Crippen molar-refractivity contribution in [1.29, 1.82) is 0 Å². The van der Waals surface area contributed by atoms with Crippen LogP contribution in [0.4, 0.5) is 4.39 Å². The van der Waals surface area contributed by atoms with Gasteiger partial charge < -0.3 is 5.32 Å². The van der Waals surface area contributed by atoms with Gasteiger partial charge in [-0.1, -0.05) is 0 Å². The molecule has 2 aromatic rings. The van der Waals surface area contributed by atoms with Gasteiger partial charge in [0.1, 0.15) is 12.1 Å². The van der Waals surface area contributed by atoms with E-state index in [1.54, 1.807) is 12.4 Å². The van der Waals surface area contributed by atoms with Crippen molar-refractivity contribution in [2.75, 3.05) is 0 Å². The molecule has 1 aliphatic heterocycles. The van der Waals surface area contributed by atoms with Crippen LogP contribution in [0, 0.1) is 5.82 Å². The number of benzene rings is 1. The predicted octanol–water partition coefficient (Wildman–Crippen LogP) is 1.01. The van der Waals surface area contributed by atoms with Gasteiger partial charge in [0, 0.05) is 6.54 Å². The summed E-state index contributed by atoms with van der Waals surface area (Å²) in [6, 6.07) is 4.75. The third-order valence-corrected chi connectivity index (χ3v) is 2.52. The minimum atomic E-state index is -0.216. The number of rotatable bonds is 0. The summed E-state index contributed by atoms with van der Waals surface area (Å²) < 4.78 is 14.9. The largest absolute Gasteiger partial charge is 0.306 e. The summed E-state index contributed by atoms with van der Waals surface area (Å²) in [5.41, 5.74) is 1.87. The molecule has 0 saturated heterocycles. The predicted molar refractivity (Wildman–Crippen MR) is 51.9 cm³/mol. The molecule has 1 N–H and O–H groups in total. The van der Waals surface area contributed by atoms with Gasteiger partial charge in [0.25, 0.3) is 0 Å². The van der Waals surface area contributed by atoms with Gasteiger partial charge in [0.2, 0.25) is 0 Å². The second-order valence-corrected chi connectivity index (χ2v) is 3.49. The first-order valence-corrected chi connectivity index (χ1v) is 4.73. The first-order chi connectivity index (χ1) is 7.34. The maximum absolute atomic E-state index is 13.1. The highest BCUT2D eigenvalue weighted by Crippen LogP contribution is 2.19. The van der Waals surface area contributed by atoms with Gasteiger partial charge in [-0.3, -0.25) is 4.57 Å². The topological polar surface area (TPSA) is 42.7 Å². The van der Waals surface area contributed by atoms with Crippen molar-refractivity contribution in [3.63, 3.8) is 0 Å². The monoisotopic (exact) mass is 204 g/mol. The van der Waals surface area contributed by atoms with Crippen LogP contribution in [-0.2, 0) is 13.1 Å². The van der Waals surface area contributed by atoms with Crippen LogP contribution in [0.3, 0.4) is 0 Å². The van der Waals surface area contributed by atoms with Crippen molar-refractivity contribution in [2.24, 2.45) is 0 Å². The molecule has 0 fully saturated rings. The Kier molecular flexibility index (Phi) is 1.78. The average molecular weight is 204 g/mol. The smallest absolute Gasteiger partial charge is 0.151 e. The zero-order chi connectivity index (χ0) is 10.3. The average Bonchev–Trinajstić information content (AvgIpc) is 2.61. The van der Waals surface area contributed by atoms with Gasteiger partial charge in [0.15, 0.2) is 5.82 Å². The maximum Gasteiger partial charge on any atom is 0.151 e. The standard InChI is InChI=1S/C10H9FN4/c11-8-1-2-9-7(3-8)4-12-5-10-14-13-6-15(9)10/h1-3,6,12H,4-5H2. The lowest BCUT2D eigenvalue weighted by Gasteiger charge is -2.06. The molecule has 2 heterocycles. The first kappa shape index (κ1) is 8.55. The molecule has 1 aromatic heterocycles. The van der Waals surface area contributed by atoms with Crippen molar-refractivity contribution in [3.8, 4) is 5.69 Å². The molecular weight excluding hydrogens is 195 g/mol. The number of aromatic nitrogens is 3. The molecule has 4 nitrogen and oxygen atoms in total. The summed E-state index contributed by atoms with van der Waals surface area (Å²) >= 11 is 0. The Morgan fingerprint density at radius 3 is 3.20 bits per heavy atom. The molecule has 0 radical (unpaired) electrons. The molecule has 76 valence electrons. The Labute approximate surface area is 85.8 Å². The lowest BCUT2D eigenvalue weighted by atomic mass is 10.1. The number of nitrogens with zero attached hydrogens (tertiary/aromatic N) is 3. The Balaban J connectivity index is 2.25. The third-order valence-electron chi connectivity index (χ3n) is 2.52. The van der Waals surface area contributed by atoms with Crippen LogP contribution in [-0.4, -0.2) is 14.8 Å². The summed E-state index contributed by atoms with van der Waals surface area (Å²) in [4.78, 5) is 0. The number of nitrogens with one attached hydrogen (secondary N) is 1. The van der Waals surface area contributed by atoms with Gasteiger partial charge >= 0.3 is 0 Å². The van der Waals surface area contributed by atoms with Crippen LogP contribution in [0.2, 0.25) is 0 Å². The van der Waals surface area contributed by atoms with Crippen molar-refractivity contribution < 1.29 is 4.39 Å². The lowest BCUT2D eigenvalue weighted by molar-refractivity contribution is 0.621. The summed E-state index contributed by atoms with van der Waals surface area (Å²) in [5, 5.41) is 11.0. The molecular formula is C10H9FN4. The minimum Gasteiger partial charge on any atom is -0.306 e. The van der Waals surface area contributed by atoms with E-state index >= 15 is 0 Å². The van der Waals surface area contributed by atoms with E-state index in [-0.39, 0.29) is 5.82 Å². The van der Waals surface area contributed by atoms with Gasteiger partial charge in [-0.25, -0.2) is 4.39 Å². The molecule has 0 spiro atoms. The first-order valence-electron chi connectivity index (χ1n) is 4.73. The van der Waals surface area contributed by atoms with Crippen molar-refractivity contribution in [3.05, 3.63) is 41.7 Å². The summed E-state index contributed by atoms with van der Waals surface area (Å²) in [7, 11) is 0. The Morgan fingerprint density at radius 2 is 2.27 bits per heavy atom. The van der Waals surface area contributed by atoms with E-state index in [4.69, 9.17) is 0 Å². The minimum absolute atomic E-state index is 0.216. The quantitative estimate of drug-likeness (QED) is 0.696. The molecule has 0 aliphatic carbocycles. The van der Waals surface area contributed by atoms with Crippen LogP contribution in [0.25, 0.3) is 5.69 Å². The fraction of sp³-hybridized carbons (Fsp3) is 0.200. The molecule has 15 heavy (non-hydrogen) atoms. The lowest BCUT2D eigenvalue weighted by Crippen LogP contribution is -2.11. The van der Waals surface area contributed by atoms with Crippen LogP contribution in [0.1, 0.15) is 11.4 Å². The fourth-order valence-electron chi connectivity index (χ4n) is 1.82.